The Kier molecular flexibility index (Phi) is 5.27. The molecule has 3 heteroatoms. The van der Waals surface area contributed by atoms with Gasteiger partial charge in [0.2, 0.25) is 0 Å². The number of carbonyl (C=O) groups is 1. The molecule has 0 aliphatic rings. The molecule has 0 atom stereocenters. The van der Waals surface area contributed by atoms with Gasteiger partial charge in [0.05, 0.1) is 6.61 Å². The van der Waals surface area contributed by atoms with Crippen molar-refractivity contribution in [2.24, 2.45) is 0 Å². The van der Waals surface area contributed by atoms with Gasteiger partial charge in [-0.3, -0.25) is 0 Å². The molecule has 0 heterocycles. The molecular weight excluding hydrogens is 214 g/mol. The number of benzene rings is 1. The Morgan fingerprint density at radius 2 is 2.00 bits per heavy atom. The van der Waals surface area contributed by atoms with E-state index in [1.807, 2.05) is 30.1 Å². The molecule has 0 aliphatic heterocycles. The normalized spacial score (nSPS) is 9.76. The summed E-state index contributed by atoms with van der Waals surface area (Å²) in [6.07, 6.45) is 0.885. The maximum atomic E-state index is 11.4. The summed E-state index contributed by atoms with van der Waals surface area (Å²) in [5, 5.41) is 0. The number of carbonyl (C=O) groups excluding carboxylic acids is 1. The maximum absolute atomic E-state index is 11.4. The molecule has 0 radical (unpaired) electrons. The third kappa shape index (κ3) is 4.31. The smallest absolute Gasteiger partial charge is 0.353 e. The third-order valence-electron chi connectivity index (χ3n) is 2.55. The van der Waals surface area contributed by atoms with Crippen molar-refractivity contribution in [2.45, 2.75) is 13.3 Å². The summed E-state index contributed by atoms with van der Waals surface area (Å²) in [5.74, 6) is -0.344. The van der Waals surface area contributed by atoms with E-state index < -0.39 is 0 Å². The first-order valence-corrected chi connectivity index (χ1v) is 5.76. The molecule has 0 aromatic heterocycles. The van der Waals surface area contributed by atoms with Crippen LogP contribution >= 0.6 is 0 Å². The minimum absolute atomic E-state index is 0.344. The Hall–Kier alpha value is -1.77. The number of ether oxygens (including phenoxy) is 1. The summed E-state index contributed by atoms with van der Waals surface area (Å²) in [7, 11) is 1.85. The van der Waals surface area contributed by atoms with Crippen LogP contribution in [0.4, 0.5) is 0 Å². The summed E-state index contributed by atoms with van der Waals surface area (Å²) in [5.41, 5.74) is 1.65. The van der Waals surface area contributed by atoms with Crippen molar-refractivity contribution in [3.63, 3.8) is 0 Å². The van der Waals surface area contributed by atoms with Crippen LogP contribution in [0.15, 0.2) is 42.6 Å². The Morgan fingerprint density at radius 1 is 1.35 bits per heavy atom. The lowest BCUT2D eigenvalue weighted by Crippen LogP contribution is -2.26. The van der Waals surface area contributed by atoms with Gasteiger partial charge in [0.1, 0.15) is 5.70 Å². The second kappa shape index (κ2) is 6.74. The van der Waals surface area contributed by atoms with E-state index in [0.29, 0.717) is 12.3 Å². The standard InChI is InChI=1S/C14H19NO2/c1-4-17-14(16)12(2)15(3)11-10-13-8-6-5-7-9-13/h5-9H,2,4,10-11H2,1,3H3. The molecule has 0 aliphatic carbocycles. The van der Waals surface area contributed by atoms with Gasteiger partial charge in [-0.25, -0.2) is 4.79 Å². The van der Waals surface area contributed by atoms with Crippen molar-refractivity contribution < 1.29 is 9.53 Å². The average molecular weight is 233 g/mol. The second-order valence-electron chi connectivity index (χ2n) is 3.82. The average Bonchev–Trinajstić information content (AvgIpc) is 2.36. The van der Waals surface area contributed by atoms with E-state index >= 15 is 0 Å². The molecular formula is C14H19NO2. The molecule has 17 heavy (non-hydrogen) atoms. The van der Waals surface area contributed by atoms with Gasteiger partial charge in [-0.1, -0.05) is 36.9 Å². The number of esters is 1. The number of hydrogen-bond acceptors (Lipinski definition) is 3. The van der Waals surface area contributed by atoms with E-state index in [2.05, 4.69) is 18.7 Å². The molecule has 3 nitrogen and oxygen atoms in total. The quantitative estimate of drug-likeness (QED) is 0.557. The summed E-state index contributed by atoms with van der Waals surface area (Å²) >= 11 is 0. The summed E-state index contributed by atoms with van der Waals surface area (Å²) in [6.45, 7) is 6.65. The lowest BCUT2D eigenvalue weighted by atomic mass is 10.1. The van der Waals surface area contributed by atoms with Crippen LogP contribution in [0.5, 0.6) is 0 Å². The third-order valence-corrected chi connectivity index (χ3v) is 2.55. The van der Waals surface area contributed by atoms with Crippen LogP contribution in [0.3, 0.4) is 0 Å². The first-order chi connectivity index (χ1) is 8.15. The van der Waals surface area contributed by atoms with Gasteiger partial charge in [-0.2, -0.15) is 0 Å². The predicted molar refractivity (Wildman–Crippen MR) is 68.5 cm³/mol. The van der Waals surface area contributed by atoms with Crippen LogP contribution in [-0.2, 0) is 16.0 Å². The number of likely N-dealkylation sites (N-methyl/N-ethyl adjacent to an activating group) is 1. The van der Waals surface area contributed by atoms with Crippen LogP contribution in [0.2, 0.25) is 0 Å². The van der Waals surface area contributed by atoms with Gasteiger partial charge >= 0.3 is 5.97 Å². The predicted octanol–water partition coefficient (Wildman–Crippen LogP) is 2.24. The topological polar surface area (TPSA) is 29.5 Å². The van der Waals surface area contributed by atoms with Crippen LogP contribution in [-0.4, -0.2) is 31.1 Å². The largest absolute Gasteiger partial charge is 0.461 e. The molecule has 1 aromatic rings. The molecule has 0 saturated heterocycles. The van der Waals surface area contributed by atoms with Crippen LogP contribution in [0, 0.1) is 0 Å². The van der Waals surface area contributed by atoms with Crippen molar-refractivity contribution >= 4 is 5.97 Å². The second-order valence-corrected chi connectivity index (χ2v) is 3.82. The molecule has 0 N–H and O–H groups in total. The number of hydrogen-bond donors (Lipinski definition) is 0. The van der Waals surface area contributed by atoms with E-state index in [9.17, 15) is 4.79 Å². The highest BCUT2D eigenvalue weighted by Gasteiger charge is 2.12. The van der Waals surface area contributed by atoms with Gasteiger partial charge in [0, 0.05) is 13.6 Å². The van der Waals surface area contributed by atoms with Crippen LogP contribution < -0.4 is 0 Å². The molecule has 0 amide bonds. The van der Waals surface area contributed by atoms with Gasteiger partial charge in [-0.05, 0) is 18.9 Å². The van der Waals surface area contributed by atoms with E-state index in [-0.39, 0.29) is 5.97 Å². The Morgan fingerprint density at radius 3 is 2.59 bits per heavy atom. The lowest BCUT2D eigenvalue weighted by molar-refractivity contribution is -0.140. The highest BCUT2D eigenvalue weighted by molar-refractivity contribution is 5.86. The zero-order chi connectivity index (χ0) is 12.7. The Balaban J connectivity index is 2.42. The summed E-state index contributed by atoms with van der Waals surface area (Å²) in [4.78, 5) is 13.3. The molecule has 0 unspecified atom stereocenters. The van der Waals surface area contributed by atoms with Crippen molar-refractivity contribution in [2.75, 3.05) is 20.2 Å². The maximum Gasteiger partial charge on any atom is 0.353 e. The fourth-order valence-electron chi connectivity index (χ4n) is 1.45. The monoisotopic (exact) mass is 233 g/mol. The van der Waals surface area contributed by atoms with Crippen molar-refractivity contribution in [3.05, 3.63) is 48.2 Å². The Labute approximate surface area is 103 Å². The molecule has 0 bridgehead atoms. The van der Waals surface area contributed by atoms with Crippen molar-refractivity contribution in [1.29, 1.82) is 0 Å². The van der Waals surface area contributed by atoms with Gasteiger partial charge < -0.3 is 9.64 Å². The zero-order valence-corrected chi connectivity index (χ0v) is 10.5. The van der Waals surface area contributed by atoms with Crippen LogP contribution in [0.25, 0.3) is 0 Å². The minimum atomic E-state index is -0.344. The van der Waals surface area contributed by atoms with Gasteiger partial charge in [-0.15, -0.1) is 0 Å². The first kappa shape index (κ1) is 13.3. The van der Waals surface area contributed by atoms with Crippen molar-refractivity contribution in [3.8, 4) is 0 Å². The fourth-order valence-corrected chi connectivity index (χ4v) is 1.45. The number of rotatable bonds is 6. The molecule has 0 spiro atoms. The SMILES string of the molecule is C=C(C(=O)OCC)N(C)CCc1ccccc1. The van der Waals surface area contributed by atoms with Gasteiger partial charge in [0.15, 0.2) is 0 Å². The minimum Gasteiger partial charge on any atom is -0.461 e. The summed E-state index contributed by atoms with van der Waals surface area (Å²) < 4.78 is 4.90. The van der Waals surface area contributed by atoms with Crippen molar-refractivity contribution in [1.82, 2.24) is 4.90 Å². The summed E-state index contributed by atoms with van der Waals surface area (Å²) in [6, 6.07) is 10.2. The lowest BCUT2D eigenvalue weighted by Gasteiger charge is -2.20. The highest BCUT2D eigenvalue weighted by atomic mass is 16.5. The van der Waals surface area contributed by atoms with E-state index in [4.69, 9.17) is 4.74 Å². The molecule has 92 valence electrons. The molecule has 0 fully saturated rings. The molecule has 0 saturated carbocycles. The Bertz CT molecular complexity index is 373. The van der Waals surface area contributed by atoms with E-state index in [1.54, 1.807) is 6.92 Å². The first-order valence-electron chi connectivity index (χ1n) is 5.76. The molecule has 1 rings (SSSR count). The van der Waals surface area contributed by atoms with E-state index in [1.165, 1.54) is 5.56 Å². The van der Waals surface area contributed by atoms with Gasteiger partial charge in [0.25, 0.3) is 0 Å². The highest BCUT2D eigenvalue weighted by Crippen LogP contribution is 2.05. The zero-order valence-electron chi connectivity index (χ0n) is 10.5. The fraction of sp³-hybridized carbons (Fsp3) is 0.357. The molecule has 1 aromatic carbocycles. The van der Waals surface area contributed by atoms with E-state index in [0.717, 1.165) is 13.0 Å². The number of nitrogens with zero attached hydrogens (tertiary/aromatic N) is 1. The van der Waals surface area contributed by atoms with Crippen LogP contribution in [0.1, 0.15) is 12.5 Å².